The largest absolute Gasteiger partial charge is 0.496 e. The predicted octanol–water partition coefficient (Wildman–Crippen LogP) is 2.26. The summed E-state index contributed by atoms with van der Waals surface area (Å²) in [5, 5.41) is 11.8. The van der Waals surface area contributed by atoms with Gasteiger partial charge in [0.1, 0.15) is 17.6 Å². The Bertz CT molecular complexity index is 700. The van der Waals surface area contributed by atoms with Crippen molar-refractivity contribution >= 4 is 11.9 Å². The molecule has 0 saturated heterocycles. The molecule has 2 rings (SSSR count). The van der Waals surface area contributed by atoms with Crippen molar-refractivity contribution in [1.82, 2.24) is 5.32 Å². The fourth-order valence-corrected chi connectivity index (χ4v) is 2.13. The van der Waals surface area contributed by atoms with E-state index in [4.69, 9.17) is 4.74 Å². The van der Waals surface area contributed by atoms with Crippen LogP contribution in [0.5, 0.6) is 5.75 Å². The molecule has 1 atom stereocenters. The van der Waals surface area contributed by atoms with Crippen LogP contribution in [0.15, 0.2) is 48.5 Å². The molecule has 5 nitrogen and oxygen atoms in total. The van der Waals surface area contributed by atoms with E-state index >= 15 is 0 Å². The zero-order valence-corrected chi connectivity index (χ0v) is 12.5. The van der Waals surface area contributed by atoms with Crippen molar-refractivity contribution in [2.45, 2.75) is 12.5 Å². The number of aliphatic carboxylic acids is 1. The van der Waals surface area contributed by atoms with Crippen molar-refractivity contribution in [3.05, 3.63) is 65.5 Å². The van der Waals surface area contributed by atoms with Crippen molar-refractivity contribution in [1.29, 1.82) is 0 Å². The molecule has 23 heavy (non-hydrogen) atoms. The van der Waals surface area contributed by atoms with Gasteiger partial charge in [0.15, 0.2) is 0 Å². The summed E-state index contributed by atoms with van der Waals surface area (Å²) in [5.41, 5.74) is 0.861. The average Bonchev–Trinajstić information content (AvgIpc) is 2.55. The van der Waals surface area contributed by atoms with Gasteiger partial charge in [0.25, 0.3) is 5.91 Å². The topological polar surface area (TPSA) is 75.6 Å². The Balaban J connectivity index is 2.14. The zero-order valence-electron chi connectivity index (χ0n) is 12.5. The minimum Gasteiger partial charge on any atom is -0.496 e. The number of para-hydroxylation sites is 1. The van der Waals surface area contributed by atoms with Crippen LogP contribution in [0.25, 0.3) is 0 Å². The number of halogens is 1. The maximum Gasteiger partial charge on any atom is 0.326 e. The van der Waals surface area contributed by atoms with Crippen LogP contribution in [-0.4, -0.2) is 30.1 Å². The van der Waals surface area contributed by atoms with Gasteiger partial charge < -0.3 is 15.2 Å². The summed E-state index contributed by atoms with van der Waals surface area (Å²) in [7, 11) is 1.49. The molecule has 6 heteroatoms. The van der Waals surface area contributed by atoms with Crippen LogP contribution in [-0.2, 0) is 11.2 Å². The highest BCUT2D eigenvalue weighted by atomic mass is 19.1. The Morgan fingerprint density at radius 3 is 2.43 bits per heavy atom. The molecule has 2 N–H and O–H groups in total. The molecule has 2 aromatic carbocycles. The number of methoxy groups -OCH3 is 1. The molecule has 120 valence electrons. The Morgan fingerprint density at radius 2 is 1.83 bits per heavy atom. The molecule has 2 aromatic rings. The smallest absolute Gasteiger partial charge is 0.326 e. The first-order valence-corrected chi connectivity index (χ1v) is 6.92. The van der Waals surface area contributed by atoms with Gasteiger partial charge >= 0.3 is 5.97 Å². The van der Waals surface area contributed by atoms with Crippen LogP contribution in [0.4, 0.5) is 4.39 Å². The van der Waals surface area contributed by atoms with Gasteiger partial charge in [-0.2, -0.15) is 0 Å². The molecule has 0 aliphatic rings. The Labute approximate surface area is 132 Å². The van der Waals surface area contributed by atoms with Gasteiger partial charge in [-0.3, -0.25) is 4.79 Å². The average molecular weight is 317 g/mol. The molecule has 0 aromatic heterocycles. The number of amides is 1. The van der Waals surface area contributed by atoms with Crippen molar-refractivity contribution < 1.29 is 23.8 Å². The maximum absolute atomic E-state index is 12.9. The van der Waals surface area contributed by atoms with Crippen LogP contribution in [0.2, 0.25) is 0 Å². The summed E-state index contributed by atoms with van der Waals surface area (Å²) in [6, 6.07) is 10.8. The second kappa shape index (κ2) is 7.40. The lowest BCUT2D eigenvalue weighted by atomic mass is 10.0. The first-order chi connectivity index (χ1) is 11.0. The van der Waals surface area contributed by atoms with E-state index in [9.17, 15) is 19.1 Å². The van der Waals surface area contributed by atoms with E-state index in [2.05, 4.69) is 5.32 Å². The number of nitrogens with one attached hydrogen (secondary N) is 1. The highest BCUT2D eigenvalue weighted by Crippen LogP contribution is 2.19. The molecular weight excluding hydrogens is 301 g/mol. The lowest BCUT2D eigenvalue weighted by molar-refractivity contribution is -0.139. The number of carbonyl (C=O) groups excluding carboxylic acids is 1. The minimum absolute atomic E-state index is 0.0757. The van der Waals surface area contributed by atoms with Gasteiger partial charge in [-0.05, 0) is 35.9 Å². The summed E-state index contributed by atoms with van der Waals surface area (Å²) in [6.45, 7) is 0. The summed E-state index contributed by atoms with van der Waals surface area (Å²) < 4.78 is 18.1. The minimum atomic E-state index is -1.16. The van der Waals surface area contributed by atoms with E-state index in [1.807, 2.05) is 0 Å². The fraction of sp³-hybridized carbons (Fsp3) is 0.176. The van der Waals surface area contributed by atoms with Crippen LogP contribution in [0, 0.1) is 5.82 Å². The normalized spacial score (nSPS) is 11.6. The molecule has 0 fully saturated rings. The van der Waals surface area contributed by atoms with Gasteiger partial charge in [0, 0.05) is 12.0 Å². The van der Waals surface area contributed by atoms with E-state index < -0.39 is 23.7 Å². The summed E-state index contributed by atoms with van der Waals surface area (Å²) in [5.74, 6) is -1.65. The molecule has 0 saturated carbocycles. The van der Waals surface area contributed by atoms with Crippen molar-refractivity contribution in [3.8, 4) is 5.75 Å². The Morgan fingerprint density at radius 1 is 1.17 bits per heavy atom. The number of carbonyl (C=O) groups is 2. The highest BCUT2D eigenvalue weighted by Gasteiger charge is 2.22. The van der Waals surface area contributed by atoms with E-state index in [0.29, 0.717) is 11.3 Å². The van der Waals surface area contributed by atoms with Gasteiger partial charge in [0.05, 0.1) is 7.11 Å². The quantitative estimate of drug-likeness (QED) is 0.857. The van der Waals surface area contributed by atoms with Gasteiger partial charge in [-0.1, -0.05) is 18.2 Å². The SMILES string of the molecule is COc1ccccc1C[C@H](NC(=O)c1ccc(F)cc1)C(=O)O. The maximum atomic E-state index is 12.9. The summed E-state index contributed by atoms with van der Waals surface area (Å²) in [6.07, 6.45) is 0.0757. The van der Waals surface area contributed by atoms with Crippen LogP contribution < -0.4 is 10.1 Å². The zero-order chi connectivity index (χ0) is 16.8. The Hall–Kier alpha value is -2.89. The fourth-order valence-electron chi connectivity index (χ4n) is 2.13. The van der Waals surface area contributed by atoms with Crippen LogP contribution in [0.3, 0.4) is 0 Å². The number of carboxylic acid groups (broad SMARTS) is 1. The van der Waals surface area contributed by atoms with Crippen molar-refractivity contribution in [2.24, 2.45) is 0 Å². The molecule has 0 aliphatic carbocycles. The van der Waals surface area contributed by atoms with Gasteiger partial charge in [-0.25, -0.2) is 9.18 Å². The first kappa shape index (κ1) is 16.5. The molecule has 0 bridgehead atoms. The molecule has 0 unspecified atom stereocenters. The van der Waals surface area contributed by atoms with E-state index in [1.165, 1.54) is 19.2 Å². The molecule has 0 radical (unpaired) electrons. The molecule has 0 aliphatic heterocycles. The third-order valence-corrected chi connectivity index (χ3v) is 3.33. The van der Waals surface area contributed by atoms with E-state index in [0.717, 1.165) is 12.1 Å². The van der Waals surface area contributed by atoms with Crippen molar-refractivity contribution in [3.63, 3.8) is 0 Å². The number of carboxylic acids is 1. The van der Waals surface area contributed by atoms with Crippen molar-refractivity contribution in [2.75, 3.05) is 7.11 Å². The number of ether oxygens (including phenoxy) is 1. The van der Waals surface area contributed by atoms with E-state index in [1.54, 1.807) is 24.3 Å². The molecule has 0 spiro atoms. The number of hydrogen-bond donors (Lipinski definition) is 2. The monoisotopic (exact) mass is 317 g/mol. The third-order valence-electron chi connectivity index (χ3n) is 3.33. The number of hydrogen-bond acceptors (Lipinski definition) is 3. The number of benzene rings is 2. The molecule has 1 amide bonds. The molecular formula is C17H16FNO4. The second-order valence-electron chi connectivity index (χ2n) is 4.89. The molecule has 0 heterocycles. The van der Waals surface area contributed by atoms with Crippen LogP contribution in [0.1, 0.15) is 15.9 Å². The van der Waals surface area contributed by atoms with Gasteiger partial charge in [0.2, 0.25) is 0 Å². The third kappa shape index (κ3) is 4.29. The van der Waals surface area contributed by atoms with Gasteiger partial charge in [-0.15, -0.1) is 0 Å². The van der Waals surface area contributed by atoms with E-state index in [-0.39, 0.29) is 12.0 Å². The van der Waals surface area contributed by atoms with Crippen LogP contribution >= 0.6 is 0 Å². The first-order valence-electron chi connectivity index (χ1n) is 6.92. The lowest BCUT2D eigenvalue weighted by Crippen LogP contribution is -2.42. The number of rotatable bonds is 6. The predicted molar refractivity (Wildman–Crippen MR) is 82.0 cm³/mol. The summed E-state index contributed by atoms with van der Waals surface area (Å²) >= 11 is 0. The highest BCUT2D eigenvalue weighted by molar-refractivity contribution is 5.96. The second-order valence-corrected chi connectivity index (χ2v) is 4.89. The summed E-state index contributed by atoms with van der Waals surface area (Å²) in [4.78, 5) is 23.5. The standard InChI is InChI=1S/C17H16FNO4/c1-23-15-5-3-2-4-12(15)10-14(17(21)22)19-16(20)11-6-8-13(18)9-7-11/h2-9,14H,10H2,1H3,(H,19,20)(H,21,22)/t14-/m0/s1. The Kier molecular flexibility index (Phi) is 5.30. The lowest BCUT2D eigenvalue weighted by Gasteiger charge is -2.16.